The number of aryl methyl sites for hydroxylation is 1. The SMILES string of the molecule is CNC(=O)c1cccc(C)c1Nc1nc(Nc2ccc(NC=O)cc2OC)ncc1C(F)(F)F. The van der Waals surface area contributed by atoms with E-state index in [4.69, 9.17) is 4.74 Å². The van der Waals surface area contributed by atoms with Gasteiger partial charge < -0.3 is 26.0 Å². The molecule has 0 spiro atoms. The zero-order chi connectivity index (χ0) is 24.9. The number of rotatable bonds is 8. The molecule has 34 heavy (non-hydrogen) atoms. The lowest BCUT2D eigenvalue weighted by Crippen LogP contribution is -2.20. The van der Waals surface area contributed by atoms with Crippen LogP contribution in [0.4, 0.5) is 42.0 Å². The number of aromatic nitrogens is 2. The molecule has 0 saturated heterocycles. The molecule has 1 aromatic heterocycles. The zero-order valence-corrected chi connectivity index (χ0v) is 18.4. The normalized spacial score (nSPS) is 10.9. The van der Waals surface area contributed by atoms with Crippen molar-refractivity contribution >= 4 is 41.1 Å². The van der Waals surface area contributed by atoms with Crippen molar-refractivity contribution in [3.05, 3.63) is 59.3 Å². The minimum absolute atomic E-state index is 0.153. The third-order valence-electron chi connectivity index (χ3n) is 4.76. The molecule has 0 radical (unpaired) electrons. The van der Waals surface area contributed by atoms with Crippen molar-refractivity contribution in [2.45, 2.75) is 13.1 Å². The highest BCUT2D eigenvalue weighted by Crippen LogP contribution is 2.37. The molecule has 178 valence electrons. The number of amides is 2. The van der Waals surface area contributed by atoms with Crippen LogP contribution < -0.4 is 26.0 Å². The summed E-state index contributed by atoms with van der Waals surface area (Å²) in [5, 5.41) is 10.4. The maximum absolute atomic E-state index is 13.7. The van der Waals surface area contributed by atoms with E-state index in [0.717, 1.165) is 0 Å². The van der Waals surface area contributed by atoms with Crippen LogP contribution in [0.25, 0.3) is 0 Å². The van der Waals surface area contributed by atoms with Gasteiger partial charge in [-0.15, -0.1) is 0 Å². The van der Waals surface area contributed by atoms with Gasteiger partial charge in [0.2, 0.25) is 12.4 Å². The Morgan fingerprint density at radius 2 is 1.91 bits per heavy atom. The lowest BCUT2D eigenvalue weighted by atomic mass is 10.1. The van der Waals surface area contributed by atoms with Gasteiger partial charge in [0.15, 0.2) is 0 Å². The van der Waals surface area contributed by atoms with Crippen LogP contribution in [0.3, 0.4) is 0 Å². The van der Waals surface area contributed by atoms with E-state index < -0.39 is 23.5 Å². The summed E-state index contributed by atoms with van der Waals surface area (Å²) in [6.07, 6.45) is -3.61. The predicted molar refractivity (Wildman–Crippen MR) is 121 cm³/mol. The second kappa shape index (κ2) is 10.1. The first-order chi connectivity index (χ1) is 16.2. The number of hydrogen-bond acceptors (Lipinski definition) is 7. The Morgan fingerprint density at radius 3 is 2.56 bits per heavy atom. The minimum atomic E-state index is -4.75. The summed E-state index contributed by atoms with van der Waals surface area (Å²) < 4.78 is 46.4. The Hall–Kier alpha value is -4.35. The van der Waals surface area contributed by atoms with E-state index in [1.54, 1.807) is 31.2 Å². The molecule has 0 unspecified atom stereocenters. The fourth-order valence-corrected chi connectivity index (χ4v) is 3.09. The molecular weight excluding hydrogens is 453 g/mol. The largest absolute Gasteiger partial charge is 0.494 e. The molecule has 3 rings (SSSR count). The number of alkyl halides is 3. The summed E-state index contributed by atoms with van der Waals surface area (Å²) in [5.41, 5.74) is 0.576. The molecule has 4 N–H and O–H groups in total. The first-order valence-corrected chi connectivity index (χ1v) is 9.86. The van der Waals surface area contributed by atoms with Crippen molar-refractivity contribution in [1.82, 2.24) is 15.3 Å². The molecule has 1 heterocycles. The highest BCUT2D eigenvalue weighted by molar-refractivity contribution is 6.00. The molecule has 0 aliphatic carbocycles. The van der Waals surface area contributed by atoms with E-state index in [1.165, 1.54) is 26.3 Å². The number of halogens is 3. The second-order valence-corrected chi connectivity index (χ2v) is 6.96. The number of benzene rings is 2. The van der Waals surface area contributed by atoms with Gasteiger partial charge in [-0.2, -0.15) is 18.2 Å². The van der Waals surface area contributed by atoms with Crippen LogP contribution in [0.1, 0.15) is 21.5 Å². The van der Waals surface area contributed by atoms with Gasteiger partial charge in [-0.05, 0) is 30.7 Å². The number of nitrogens with one attached hydrogen (secondary N) is 4. The van der Waals surface area contributed by atoms with Crippen LogP contribution in [0.2, 0.25) is 0 Å². The average Bonchev–Trinajstić information content (AvgIpc) is 2.80. The summed E-state index contributed by atoms with van der Waals surface area (Å²) in [5.74, 6) is -0.866. The number of hydrogen-bond donors (Lipinski definition) is 4. The maximum Gasteiger partial charge on any atom is 0.421 e. The maximum atomic E-state index is 13.7. The Morgan fingerprint density at radius 1 is 1.15 bits per heavy atom. The number of carbonyl (C=O) groups is 2. The van der Waals surface area contributed by atoms with Crippen LogP contribution in [0.15, 0.2) is 42.6 Å². The van der Waals surface area contributed by atoms with Crippen molar-refractivity contribution < 1.29 is 27.5 Å². The molecule has 0 atom stereocenters. The fourth-order valence-electron chi connectivity index (χ4n) is 3.09. The van der Waals surface area contributed by atoms with Crippen LogP contribution in [-0.2, 0) is 11.0 Å². The van der Waals surface area contributed by atoms with Crippen LogP contribution in [-0.4, -0.2) is 36.4 Å². The van der Waals surface area contributed by atoms with Crippen molar-refractivity contribution in [3.8, 4) is 5.75 Å². The molecule has 9 nitrogen and oxygen atoms in total. The molecule has 2 amide bonds. The highest BCUT2D eigenvalue weighted by atomic mass is 19.4. The van der Waals surface area contributed by atoms with E-state index in [0.29, 0.717) is 35.3 Å². The van der Waals surface area contributed by atoms with Gasteiger partial charge in [-0.3, -0.25) is 9.59 Å². The summed E-state index contributed by atoms with van der Waals surface area (Å²) in [6, 6.07) is 9.39. The van der Waals surface area contributed by atoms with Gasteiger partial charge in [0.1, 0.15) is 17.1 Å². The number of ether oxygens (including phenoxy) is 1. The first kappa shape index (κ1) is 24.3. The van der Waals surface area contributed by atoms with E-state index >= 15 is 0 Å². The van der Waals surface area contributed by atoms with Gasteiger partial charge in [0.05, 0.1) is 24.0 Å². The van der Waals surface area contributed by atoms with E-state index in [1.807, 2.05) is 0 Å². The van der Waals surface area contributed by atoms with Gasteiger partial charge in [0, 0.05) is 25.0 Å². The van der Waals surface area contributed by atoms with Crippen molar-refractivity contribution in [2.24, 2.45) is 0 Å². The third kappa shape index (κ3) is 5.34. The number of anilines is 5. The average molecular weight is 474 g/mol. The monoisotopic (exact) mass is 474 g/mol. The molecule has 0 fully saturated rings. The number of carbonyl (C=O) groups excluding carboxylic acids is 2. The Labute approximate surface area is 192 Å². The minimum Gasteiger partial charge on any atom is -0.494 e. The highest BCUT2D eigenvalue weighted by Gasteiger charge is 2.36. The quantitative estimate of drug-likeness (QED) is 0.361. The van der Waals surface area contributed by atoms with Gasteiger partial charge in [-0.1, -0.05) is 12.1 Å². The van der Waals surface area contributed by atoms with Gasteiger partial charge >= 0.3 is 6.18 Å². The molecule has 0 aliphatic heterocycles. The molecular formula is C22H21F3N6O3. The van der Waals surface area contributed by atoms with Crippen LogP contribution in [0, 0.1) is 6.92 Å². The van der Waals surface area contributed by atoms with E-state index in [-0.39, 0.29) is 17.2 Å². The molecule has 3 aromatic rings. The molecule has 12 heteroatoms. The summed E-state index contributed by atoms with van der Waals surface area (Å²) in [6.45, 7) is 1.65. The smallest absolute Gasteiger partial charge is 0.421 e. The van der Waals surface area contributed by atoms with E-state index in [9.17, 15) is 22.8 Å². The Bertz CT molecular complexity index is 1220. The number of nitrogens with zero attached hydrogens (tertiary/aromatic N) is 2. The van der Waals surface area contributed by atoms with Crippen molar-refractivity contribution in [1.29, 1.82) is 0 Å². The summed E-state index contributed by atoms with van der Waals surface area (Å²) in [7, 11) is 2.82. The van der Waals surface area contributed by atoms with E-state index in [2.05, 4.69) is 31.2 Å². The lowest BCUT2D eigenvalue weighted by Gasteiger charge is -2.18. The van der Waals surface area contributed by atoms with Gasteiger partial charge in [-0.25, -0.2) is 4.98 Å². The Kier molecular flexibility index (Phi) is 7.19. The van der Waals surface area contributed by atoms with Gasteiger partial charge in [0.25, 0.3) is 5.91 Å². The molecule has 0 aliphatic rings. The number of para-hydroxylation sites is 1. The molecule has 2 aromatic carbocycles. The molecule has 0 saturated carbocycles. The topological polar surface area (TPSA) is 117 Å². The fraction of sp³-hybridized carbons (Fsp3) is 0.182. The van der Waals surface area contributed by atoms with Crippen molar-refractivity contribution in [3.63, 3.8) is 0 Å². The van der Waals surface area contributed by atoms with Crippen LogP contribution in [0.5, 0.6) is 5.75 Å². The summed E-state index contributed by atoms with van der Waals surface area (Å²) in [4.78, 5) is 30.7. The first-order valence-electron chi connectivity index (χ1n) is 9.86. The standard InChI is InChI=1S/C22H21F3N6O3/c1-12-5-4-6-14(20(33)26-2)18(12)30-19-15(22(23,24)25)10-27-21(31-19)29-16-8-7-13(28-11-32)9-17(16)34-3/h4-11H,1-3H3,(H,26,33)(H,28,32)(H2,27,29,30,31). The second-order valence-electron chi connectivity index (χ2n) is 6.96. The summed E-state index contributed by atoms with van der Waals surface area (Å²) >= 11 is 0. The lowest BCUT2D eigenvalue weighted by molar-refractivity contribution is -0.137. The van der Waals surface area contributed by atoms with Crippen molar-refractivity contribution in [2.75, 3.05) is 30.1 Å². The third-order valence-corrected chi connectivity index (χ3v) is 4.76. The zero-order valence-electron chi connectivity index (χ0n) is 18.4. The predicted octanol–water partition coefficient (Wildman–Crippen LogP) is 4.23. The van der Waals surface area contributed by atoms with Crippen LogP contribution >= 0.6 is 0 Å². The number of methoxy groups -OCH3 is 1. The molecule has 0 bridgehead atoms. The Balaban J connectivity index is 2.04.